The fourth-order valence-electron chi connectivity index (χ4n) is 5.52. The summed E-state index contributed by atoms with van der Waals surface area (Å²) in [6.07, 6.45) is 7.07. The molecule has 0 saturated carbocycles. The van der Waals surface area contributed by atoms with Crippen molar-refractivity contribution in [2.24, 2.45) is 0 Å². The highest BCUT2D eigenvalue weighted by Crippen LogP contribution is 2.53. The molecule has 2 aliphatic carbocycles. The van der Waals surface area contributed by atoms with Crippen LogP contribution in [-0.4, -0.2) is 0 Å². The number of halogens is 1. The van der Waals surface area contributed by atoms with Crippen LogP contribution in [0.15, 0.2) is 116 Å². The van der Waals surface area contributed by atoms with Crippen LogP contribution in [0, 0.1) is 3.57 Å². The van der Waals surface area contributed by atoms with Crippen LogP contribution < -0.4 is 0 Å². The summed E-state index contributed by atoms with van der Waals surface area (Å²) in [4.78, 5) is 0. The first-order valence-electron chi connectivity index (χ1n) is 11.5. The van der Waals surface area contributed by atoms with E-state index in [0.717, 1.165) is 19.3 Å². The second-order valence-corrected chi connectivity index (χ2v) is 10.0. The van der Waals surface area contributed by atoms with Gasteiger partial charge in [0, 0.05) is 8.99 Å². The van der Waals surface area contributed by atoms with Crippen molar-refractivity contribution in [3.63, 3.8) is 0 Å². The van der Waals surface area contributed by atoms with E-state index in [-0.39, 0.29) is 5.41 Å². The molecule has 0 spiro atoms. The highest BCUT2D eigenvalue weighted by Gasteiger charge is 2.41. The molecule has 0 bridgehead atoms. The fourth-order valence-corrected chi connectivity index (χ4v) is 6.01. The third-order valence-electron chi connectivity index (χ3n) is 6.92. The van der Waals surface area contributed by atoms with Crippen LogP contribution in [0.4, 0.5) is 0 Å². The van der Waals surface area contributed by atoms with Gasteiger partial charge in [0.1, 0.15) is 0 Å². The van der Waals surface area contributed by atoms with Gasteiger partial charge in [-0.15, -0.1) is 13.2 Å². The zero-order chi connectivity index (χ0) is 22.8. The molecule has 0 saturated heterocycles. The van der Waals surface area contributed by atoms with Crippen LogP contribution in [0.1, 0.15) is 35.1 Å². The van der Waals surface area contributed by atoms with Crippen molar-refractivity contribution in [1.29, 1.82) is 0 Å². The van der Waals surface area contributed by atoms with Crippen molar-refractivity contribution in [3.05, 3.63) is 142 Å². The highest BCUT2D eigenvalue weighted by molar-refractivity contribution is 14.1. The van der Waals surface area contributed by atoms with E-state index in [9.17, 15) is 0 Å². The van der Waals surface area contributed by atoms with Crippen LogP contribution in [0.2, 0.25) is 0 Å². The molecule has 0 fully saturated rings. The van der Waals surface area contributed by atoms with Crippen molar-refractivity contribution >= 4 is 22.6 Å². The molecule has 2 aliphatic rings. The predicted molar refractivity (Wildman–Crippen MR) is 150 cm³/mol. The lowest BCUT2D eigenvalue weighted by Crippen LogP contribution is -2.23. The smallest absolute Gasteiger partial charge is 0.0284 e. The molecule has 0 N–H and O–H groups in total. The van der Waals surface area contributed by atoms with Gasteiger partial charge < -0.3 is 0 Å². The van der Waals surface area contributed by atoms with Gasteiger partial charge in [0.25, 0.3) is 0 Å². The number of rotatable bonds is 4. The molecule has 33 heavy (non-hydrogen) atoms. The molecule has 162 valence electrons. The zero-order valence-corrected chi connectivity index (χ0v) is 20.9. The fraction of sp³-hybridized carbons (Fsp3) is 0.125. The lowest BCUT2D eigenvalue weighted by molar-refractivity contribution is 0.543. The second-order valence-electron chi connectivity index (χ2n) is 8.79. The standard InChI is InChI=1S/C19H17I.C13H10/c1-3-11-19(12-4-2)17-8-6-5-7-15(17)16-10-9-14(20)13-18(16)19;1-3-7-12-10(5-1)9-11-6-2-4-8-13(11)12/h3-10,13H,1-2,11-12H2;1-8H,9H2. The Balaban J connectivity index is 0.000000151. The predicted octanol–water partition coefficient (Wildman–Crippen LogP) is 8.97. The summed E-state index contributed by atoms with van der Waals surface area (Å²) in [5.74, 6) is 0. The molecule has 0 nitrogen and oxygen atoms in total. The second kappa shape index (κ2) is 9.15. The van der Waals surface area contributed by atoms with E-state index < -0.39 is 0 Å². The Morgan fingerprint density at radius 1 is 0.636 bits per heavy atom. The van der Waals surface area contributed by atoms with E-state index in [1.807, 2.05) is 12.2 Å². The molecule has 0 amide bonds. The monoisotopic (exact) mass is 538 g/mol. The van der Waals surface area contributed by atoms with Crippen LogP contribution >= 0.6 is 22.6 Å². The van der Waals surface area contributed by atoms with E-state index in [4.69, 9.17) is 0 Å². The normalized spacial score (nSPS) is 13.6. The van der Waals surface area contributed by atoms with Crippen molar-refractivity contribution in [3.8, 4) is 22.3 Å². The molecule has 0 unspecified atom stereocenters. The van der Waals surface area contributed by atoms with E-state index in [1.165, 1.54) is 48.1 Å². The Kier molecular flexibility index (Phi) is 6.07. The van der Waals surface area contributed by atoms with E-state index in [2.05, 4.69) is 127 Å². The zero-order valence-electron chi connectivity index (χ0n) is 18.7. The summed E-state index contributed by atoms with van der Waals surface area (Å²) < 4.78 is 1.28. The average Bonchev–Trinajstić information content (AvgIpc) is 3.34. The van der Waals surface area contributed by atoms with Crippen LogP contribution in [0.3, 0.4) is 0 Å². The number of benzene rings is 4. The summed E-state index contributed by atoms with van der Waals surface area (Å²) in [6.45, 7) is 7.97. The SMILES string of the molecule is C=CCC1(CC=C)c2ccccc2-c2ccc(I)cc21.c1ccc2c(c1)Cc1ccccc1-2. The first-order valence-corrected chi connectivity index (χ1v) is 12.5. The maximum atomic E-state index is 3.98. The maximum Gasteiger partial charge on any atom is 0.0284 e. The van der Waals surface area contributed by atoms with Gasteiger partial charge in [0.2, 0.25) is 0 Å². The summed E-state index contributed by atoms with van der Waals surface area (Å²) in [5.41, 5.74) is 11.3. The minimum Gasteiger partial charge on any atom is -0.103 e. The minimum absolute atomic E-state index is 0.0105. The quantitative estimate of drug-likeness (QED) is 0.158. The van der Waals surface area contributed by atoms with Crippen LogP contribution in [-0.2, 0) is 11.8 Å². The Bertz CT molecular complexity index is 1290. The summed E-state index contributed by atoms with van der Waals surface area (Å²) >= 11 is 2.39. The molecule has 0 aliphatic heterocycles. The van der Waals surface area contributed by atoms with Gasteiger partial charge in [-0.1, -0.05) is 91.0 Å². The first-order chi connectivity index (χ1) is 16.2. The highest BCUT2D eigenvalue weighted by atomic mass is 127. The summed E-state index contributed by atoms with van der Waals surface area (Å²) in [5, 5.41) is 0. The molecular formula is C32H27I. The number of hydrogen-bond acceptors (Lipinski definition) is 0. The molecule has 6 rings (SSSR count). The largest absolute Gasteiger partial charge is 0.103 e. The van der Waals surface area contributed by atoms with Gasteiger partial charge in [0.05, 0.1) is 0 Å². The number of allylic oxidation sites excluding steroid dienone is 2. The van der Waals surface area contributed by atoms with Gasteiger partial charge in [-0.25, -0.2) is 0 Å². The minimum atomic E-state index is 0.0105. The van der Waals surface area contributed by atoms with E-state index >= 15 is 0 Å². The topological polar surface area (TPSA) is 0 Å². The van der Waals surface area contributed by atoms with E-state index in [1.54, 1.807) is 0 Å². The molecule has 0 atom stereocenters. The molecule has 0 radical (unpaired) electrons. The third kappa shape index (κ3) is 3.79. The lowest BCUT2D eigenvalue weighted by atomic mass is 9.73. The molecule has 4 aromatic rings. The molecule has 4 aromatic carbocycles. The maximum absolute atomic E-state index is 3.98. The van der Waals surface area contributed by atoms with Gasteiger partial charge in [-0.05, 0) is 98.5 Å². The number of hydrogen-bond donors (Lipinski definition) is 0. The van der Waals surface area contributed by atoms with Gasteiger partial charge in [-0.2, -0.15) is 0 Å². The van der Waals surface area contributed by atoms with Crippen LogP contribution in [0.25, 0.3) is 22.3 Å². The summed E-state index contributed by atoms with van der Waals surface area (Å²) in [7, 11) is 0. The lowest BCUT2D eigenvalue weighted by Gasteiger charge is -2.30. The first kappa shape index (κ1) is 21.9. The van der Waals surface area contributed by atoms with Crippen molar-refractivity contribution in [2.45, 2.75) is 24.7 Å². The van der Waals surface area contributed by atoms with Gasteiger partial charge in [0.15, 0.2) is 0 Å². The van der Waals surface area contributed by atoms with Gasteiger partial charge >= 0.3 is 0 Å². The molecule has 0 heterocycles. The van der Waals surface area contributed by atoms with Crippen LogP contribution in [0.5, 0.6) is 0 Å². The van der Waals surface area contributed by atoms with E-state index in [0.29, 0.717) is 0 Å². The van der Waals surface area contributed by atoms with Crippen molar-refractivity contribution < 1.29 is 0 Å². The van der Waals surface area contributed by atoms with Crippen molar-refractivity contribution in [2.75, 3.05) is 0 Å². The van der Waals surface area contributed by atoms with Gasteiger partial charge in [-0.3, -0.25) is 0 Å². The Hall–Kier alpha value is -2.91. The molecular weight excluding hydrogens is 511 g/mol. The molecule has 1 heteroatoms. The summed E-state index contributed by atoms with van der Waals surface area (Å²) in [6, 6.07) is 32.8. The molecule has 0 aromatic heterocycles. The Morgan fingerprint density at radius 2 is 1.15 bits per heavy atom. The Labute approximate surface area is 210 Å². The van der Waals surface area contributed by atoms with Crippen molar-refractivity contribution in [1.82, 2.24) is 0 Å². The third-order valence-corrected chi connectivity index (χ3v) is 7.59. The number of fused-ring (bicyclic) bond motifs is 6. The Morgan fingerprint density at radius 3 is 1.76 bits per heavy atom. The average molecular weight is 538 g/mol.